The van der Waals surface area contributed by atoms with Crippen molar-refractivity contribution < 1.29 is 9.18 Å². The van der Waals surface area contributed by atoms with Crippen LogP contribution in [0.15, 0.2) is 30.4 Å². The third kappa shape index (κ3) is 3.45. The number of amides is 1. The number of nitrogens with one attached hydrogen (secondary N) is 1. The highest BCUT2D eigenvalue weighted by atomic mass is 19.1. The normalized spacial score (nSPS) is 21.4. The maximum atomic E-state index is 13.4. The van der Waals surface area contributed by atoms with Crippen molar-refractivity contribution >= 4 is 5.91 Å². The summed E-state index contributed by atoms with van der Waals surface area (Å²) in [5.74, 6) is -0.0842. The van der Waals surface area contributed by atoms with E-state index in [1.165, 1.54) is 12.1 Å². The number of rotatable bonds is 4. The predicted molar refractivity (Wildman–Crippen MR) is 77.8 cm³/mol. The van der Waals surface area contributed by atoms with Gasteiger partial charge in [0.1, 0.15) is 5.82 Å². The molecule has 0 saturated heterocycles. The standard InChI is InChI=1S/C16H21FN2O/c1-11-9-12-6-7-13(17)10-14(12)16(11)18-15(20)5-4-8-19(2)3/h4-7,10-11,16H,8-9H2,1-3H3,(H,18,20)/b5-4+. The summed E-state index contributed by atoms with van der Waals surface area (Å²) in [4.78, 5) is 13.9. The first-order valence-electron chi connectivity index (χ1n) is 6.87. The number of halogens is 1. The monoisotopic (exact) mass is 276 g/mol. The Balaban J connectivity index is 2.05. The summed E-state index contributed by atoms with van der Waals surface area (Å²) in [7, 11) is 3.89. The number of likely N-dealkylation sites (N-methyl/N-ethyl adjacent to an activating group) is 1. The van der Waals surface area contributed by atoms with Gasteiger partial charge in [-0.25, -0.2) is 4.39 Å². The molecule has 0 heterocycles. The molecule has 3 nitrogen and oxygen atoms in total. The van der Waals surface area contributed by atoms with Crippen LogP contribution in [0.25, 0.3) is 0 Å². The minimum Gasteiger partial charge on any atom is -0.345 e. The molecule has 1 amide bonds. The van der Waals surface area contributed by atoms with Crippen LogP contribution in [0.1, 0.15) is 24.1 Å². The molecule has 1 aliphatic rings. The van der Waals surface area contributed by atoms with Crippen molar-refractivity contribution in [2.75, 3.05) is 20.6 Å². The van der Waals surface area contributed by atoms with Gasteiger partial charge in [0.15, 0.2) is 0 Å². The number of hydrogen-bond donors (Lipinski definition) is 1. The highest BCUT2D eigenvalue weighted by Crippen LogP contribution is 2.36. The molecule has 0 bridgehead atoms. The number of carbonyl (C=O) groups excluding carboxylic acids is 1. The Morgan fingerprint density at radius 3 is 2.95 bits per heavy atom. The second-order valence-electron chi connectivity index (χ2n) is 5.68. The molecule has 1 aromatic rings. The highest BCUT2D eigenvalue weighted by molar-refractivity contribution is 5.88. The molecule has 2 rings (SSSR count). The zero-order valence-corrected chi connectivity index (χ0v) is 12.2. The molecule has 1 aromatic carbocycles. The Kier molecular flexibility index (Phi) is 4.55. The van der Waals surface area contributed by atoms with E-state index < -0.39 is 0 Å². The highest BCUT2D eigenvalue weighted by Gasteiger charge is 2.30. The van der Waals surface area contributed by atoms with Gasteiger partial charge in [-0.05, 0) is 49.7 Å². The van der Waals surface area contributed by atoms with Gasteiger partial charge in [0.05, 0.1) is 6.04 Å². The van der Waals surface area contributed by atoms with E-state index in [1.54, 1.807) is 6.08 Å². The zero-order valence-electron chi connectivity index (χ0n) is 12.2. The van der Waals surface area contributed by atoms with E-state index in [9.17, 15) is 9.18 Å². The lowest BCUT2D eigenvalue weighted by molar-refractivity contribution is -0.117. The Bertz CT molecular complexity index is 525. The van der Waals surface area contributed by atoms with Crippen LogP contribution in [0.2, 0.25) is 0 Å². The molecule has 4 heteroatoms. The number of nitrogens with zero attached hydrogens (tertiary/aromatic N) is 1. The van der Waals surface area contributed by atoms with E-state index >= 15 is 0 Å². The first kappa shape index (κ1) is 14.7. The number of benzene rings is 1. The molecule has 1 N–H and O–H groups in total. The maximum absolute atomic E-state index is 13.4. The molecule has 1 aliphatic carbocycles. The lowest BCUT2D eigenvalue weighted by Gasteiger charge is -2.17. The Labute approximate surface area is 119 Å². The number of hydrogen-bond acceptors (Lipinski definition) is 2. The summed E-state index contributed by atoms with van der Waals surface area (Å²) in [5.41, 5.74) is 2.04. The van der Waals surface area contributed by atoms with Gasteiger partial charge in [0.25, 0.3) is 0 Å². The van der Waals surface area contributed by atoms with Gasteiger partial charge >= 0.3 is 0 Å². The van der Waals surface area contributed by atoms with E-state index in [4.69, 9.17) is 0 Å². The fourth-order valence-electron chi connectivity index (χ4n) is 2.60. The van der Waals surface area contributed by atoms with Crippen LogP contribution in [0.4, 0.5) is 4.39 Å². The summed E-state index contributed by atoms with van der Waals surface area (Å²) < 4.78 is 13.4. The third-order valence-corrected chi connectivity index (χ3v) is 3.59. The smallest absolute Gasteiger partial charge is 0.244 e. The van der Waals surface area contributed by atoms with E-state index in [-0.39, 0.29) is 23.7 Å². The number of carbonyl (C=O) groups is 1. The van der Waals surface area contributed by atoms with Crippen molar-refractivity contribution in [1.29, 1.82) is 0 Å². The van der Waals surface area contributed by atoms with Crippen LogP contribution in [0.3, 0.4) is 0 Å². The van der Waals surface area contributed by atoms with Crippen molar-refractivity contribution in [3.8, 4) is 0 Å². The van der Waals surface area contributed by atoms with Crippen LogP contribution < -0.4 is 5.32 Å². The van der Waals surface area contributed by atoms with E-state index in [0.29, 0.717) is 0 Å². The summed E-state index contributed by atoms with van der Waals surface area (Å²) in [5, 5.41) is 2.97. The fourth-order valence-corrected chi connectivity index (χ4v) is 2.60. The molecule has 2 unspecified atom stereocenters. The van der Waals surface area contributed by atoms with Crippen LogP contribution in [0.5, 0.6) is 0 Å². The molecule has 20 heavy (non-hydrogen) atoms. The van der Waals surface area contributed by atoms with Gasteiger partial charge in [-0.2, -0.15) is 0 Å². The summed E-state index contributed by atoms with van der Waals surface area (Å²) >= 11 is 0. The Morgan fingerprint density at radius 1 is 1.50 bits per heavy atom. The number of fused-ring (bicyclic) bond motifs is 1. The molecule has 0 spiro atoms. The van der Waals surface area contributed by atoms with Gasteiger partial charge in [0.2, 0.25) is 5.91 Å². The fraction of sp³-hybridized carbons (Fsp3) is 0.438. The van der Waals surface area contributed by atoms with Gasteiger partial charge in [-0.3, -0.25) is 4.79 Å². The van der Waals surface area contributed by atoms with Crippen LogP contribution in [-0.2, 0) is 11.2 Å². The van der Waals surface area contributed by atoms with Crippen LogP contribution in [-0.4, -0.2) is 31.4 Å². The van der Waals surface area contributed by atoms with Crippen molar-refractivity contribution in [3.63, 3.8) is 0 Å². The van der Waals surface area contributed by atoms with Crippen molar-refractivity contribution in [1.82, 2.24) is 10.2 Å². The topological polar surface area (TPSA) is 32.3 Å². The molecular weight excluding hydrogens is 255 g/mol. The summed E-state index contributed by atoms with van der Waals surface area (Å²) in [6.45, 7) is 2.80. The second kappa shape index (κ2) is 6.18. The second-order valence-corrected chi connectivity index (χ2v) is 5.68. The minimum atomic E-state index is -0.250. The molecule has 0 aliphatic heterocycles. The van der Waals surface area contributed by atoms with Gasteiger partial charge < -0.3 is 10.2 Å². The van der Waals surface area contributed by atoms with Crippen LogP contribution >= 0.6 is 0 Å². The van der Waals surface area contributed by atoms with E-state index in [1.807, 2.05) is 31.1 Å². The van der Waals surface area contributed by atoms with E-state index in [2.05, 4.69) is 12.2 Å². The van der Waals surface area contributed by atoms with Crippen LogP contribution in [0, 0.1) is 11.7 Å². The zero-order chi connectivity index (χ0) is 14.7. The average molecular weight is 276 g/mol. The predicted octanol–water partition coefficient (Wildman–Crippen LogP) is 2.29. The van der Waals surface area contributed by atoms with Crippen molar-refractivity contribution in [2.24, 2.45) is 5.92 Å². The summed E-state index contributed by atoms with van der Waals surface area (Å²) in [6.07, 6.45) is 4.24. The first-order valence-corrected chi connectivity index (χ1v) is 6.87. The maximum Gasteiger partial charge on any atom is 0.244 e. The lowest BCUT2D eigenvalue weighted by atomic mass is 10.0. The molecule has 2 atom stereocenters. The van der Waals surface area contributed by atoms with E-state index in [0.717, 1.165) is 24.1 Å². The molecular formula is C16H21FN2O. The first-order chi connectivity index (χ1) is 9.47. The largest absolute Gasteiger partial charge is 0.345 e. The molecule has 108 valence electrons. The van der Waals surface area contributed by atoms with Gasteiger partial charge in [-0.15, -0.1) is 0 Å². The van der Waals surface area contributed by atoms with Crippen molar-refractivity contribution in [3.05, 3.63) is 47.3 Å². The van der Waals surface area contributed by atoms with Crippen molar-refractivity contribution in [2.45, 2.75) is 19.4 Å². The quantitative estimate of drug-likeness (QED) is 0.856. The Morgan fingerprint density at radius 2 is 2.25 bits per heavy atom. The molecule has 0 fully saturated rings. The Hall–Kier alpha value is -1.68. The molecule has 0 radical (unpaired) electrons. The minimum absolute atomic E-state index is 0.0998. The van der Waals surface area contributed by atoms with Gasteiger partial charge in [-0.1, -0.05) is 19.1 Å². The molecule has 0 aromatic heterocycles. The molecule has 0 saturated carbocycles. The summed E-state index contributed by atoms with van der Waals surface area (Å²) in [6, 6.07) is 4.73. The van der Waals surface area contributed by atoms with Gasteiger partial charge in [0, 0.05) is 12.6 Å². The third-order valence-electron chi connectivity index (χ3n) is 3.59. The average Bonchev–Trinajstić information content (AvgIpc) is 2.65. The lowest BCUT2D eigenvalue weighted by Crippen LogP contribution is -2.29. The SMILES string of the molecule is CC1Cc2ccc(F)cc2C1NC(=O)/C=C/CN(C)C.